The Morgan fingerprint density at radius 2 is 1.76 bits per heavy atom. The van der Waals surface area contributed by atoms with Crippen LogP contribution in [0.4, 0.5) is 5.82 Å². The summed E-state index contributed by atoms with van der Waals surface area (Å²) in [4.78, 5) is 19.2. The van der Waals surface area contributed by atoms with E-state index in [9.17, 15) is 4.79 Å². The minimum Gasteiger partial charge on any atom is -0.366 e. The van der Waals surface area contributed by atoms with E-state index >= 15 is 0 Å². The molecule has 1 aromatic carbocycles. The molecule has 128 valence electrons. The molecular weight excluding hydrogens is 312 g/mol. The topological polar surface area (TPSA) is 49.6 Å². The number of anilines is 1. The summed E-state index contributed by atoms with van der Waals surface area (Å²) in [6, 6.07) is 15.6. The van der Waals surface area contributed by atoms with E-state index in [2.05, 4.69) is 39.5 Å². The van der Waals surface area contributed by atoms with Gasteiger partial charge in [0.15, 0.2) is 0 Å². The van der Waals surface area contributed by atoms with Gasteiger partial charge in [0.05, 0.1) is 0 Å². The number of pyridine rings is 1. The quantitative estimate of drug-likeness (QED) is 0.779. The molecule has 2 aromatic heterocycles. The fourth-order valence-corrected chi connectivity index (χ4v) is 3.40. The maximum atomic E-state index is 12.2. The Balaban J connectivity index is 1.52. The second-order valence-electron chi connectivity index (χ2n) is 6.51. The lowest BCUT2D eigenvalue weighted by atomic mass is 10.1. The molecule has 1 N–H and O–H groups in total. The largest absolute Gasteiger partial charge is 0.366 e. The molecule has 0 atom stereocenters. The van der Waals surface area contributed by atoms with Gasteiger partial charge in [-0.2, -0.15) is 0 Å². The number of hydrogen-bond donors (Lipinski definition) is 1. The third-order valence-electron chi connectivity index (χ3n) is 4.74. The Morgan fingerprint density at radius 3 is 2.60 bits per heavy atom. The summed E-state index contributed by atoms with van der Waals surface area (Å²) in [5.41, 5.74) is 3.18. The molecule has 1 saturated heterocycles. The minimum absolute atomic E-state index is 0.0709. The van der Waals surface area contributed by atoms with E-state index in [0.29, 0.717) is 18.0 Å². The van der Waals surface area contributed by atoms with Gasteiger partial charge >= 0.3 is 0 Å². The highest BCUT2D eigenvalue weighted by Crippen LogP contribution is 2.17. The average Bonchev–Trinajstić information content (AvgIpc) is 3.14. The highest BCUT2D eigenvalue weighted by Gasteiger charge is 2.13. The first-order chi connectivity index (χ1) is 12.3. The lowest BCUT2D eigenvalue weighted by Gasteiger charge is -2.18. The van der Waals surface area contributed by atoms with E-state index < -0.39 is 0 Å². The second-order valence-corrected chi connectivity index (χ2v) is 6.51. The molecular formula is C20H22N4O. The third kappa shape index (κ3) is 3.56. The minimum atomic E-state index is -0.0709. The number of likely N-dealkylation sites (tertiary alicyclic amines) is 1. The molecule has 0 aliphatic carbocycles. The van der Waals surface area contributed by atoms with Gasteiger partial charge in [0.25, 0.3) is 5.56 Å². The Kier molecular flexibility index (Phi) is 4.48. The van der Waals surface area contributed by atoms with Crippen molar-refractivity contribution in [3.8, 4) is 0 Å². The summed E-state index contributed by atoms with van der Waals surface area (Å²) in [5.74, 6) is 0.618. The van der Waals surface area contributed by atoms with Gasteiger partial charge in [0.1, 0.15) is 11.5 Å². The summed E-state index contributed by atoms with van der Waals surface area (Å²) < 4.78 is 1.55. The molecule has 3 aromatic rings. The van der Waals surface area contributed by atoms with Crippen LogP contribution in [0, 0.1) is 0 Å². The summed E-state index contributed by atoms with van der Waals surface area (Å²) in [7, 11) is 0. The van der Waals surface area contributed by atoms with Crippen LogP contribution in [0.1, 0.15) is 24.0 Å². The lowest BCUT2D eigenvalue weighted by molar-refractivity contribution is 0.330. The fraction of sp³-hybridized carbons (Fsp3) is 0.300. The molecule has 5 heteroatoms. The molecule has 1 aliphatic heterocycles. The van der Waals surface area contributed by atoms with Crippen molar-refractivity contribution in [1.82, 2.24) is 14.3 Å². The number of rotatable bonds is 5. The summed E-state index contributed by atoms with van der Waals surface area (Å²) in [6.45, 7) is 4.03. The van der Waals surface area contributed by atoms with Gasteiger partial charge in [-0.3, -0.25) is 14.1 Å². The van der Waals surface area contributed by atoms with E-state index in [1.165, 1.54) is 37.1 Å². The van der Waals surface area contributed by atoms with Gasteiger partial charge in [0.2, 0.25) is 0 Å². The maximum Gasteiger partial charge on any atom is 0.259 e. The zero-order chi connectivity index (χ0) is 17.1. The molecule has 0 bridgehead atoms. The monoisotopic (exact) mass is 334 g/mol. The maximum absolute atomic E-state index is 12.2. The molecule has 1 aliphatic rings. The fourth-order valence-electron chi connectivity index (χ4n) is 3.40. The van der Waals surface area contributed by atoms with Gasteiger partial charge in [-0.15, -0.1) is 0 Å². The van der Waals surface area contributed by atoms with Crippen LogP contribution >= 0.6 is 0 Å². The van der Waals surface area contributed by atoms with Crippen molar-refractivity contribution in [2.24, 2.45) is 0 Å². The highest BCUT2D eigenvalue weighted by atomic mass is 16.1. The van der Waals surface area contributed by atoms with Crippen LogP contribution in [-0.2, 0) is 13.1 Å². The molecule has 0 saturated carbocycles. The van der Waals surface area contributed by atoms with Crippen LogP contribution in [0.15, 0.2) is 59.5 Å². The second kappa shape index (κ2) is 7.07. The highest BCUT2D eigenvalue weighted by molar-refractivity contribution is 5.46. The number of nitrogens with one attached hydrogen (secondary N) is 1. The lowest BCUT2D eigenvalue weighted by Crippen LogP contribution is -2.20. The van der Waals surface area contributed by atoms with Crippen LogP contribution in [0.3, 0.4) is 0 Å². The molecule has 25 heavy (non-hydrogen) atoms. The average molecular weight is 334 g/mol. The van der Waals surface area contributed by atoms with Gasteiger partial charge in [-0.25, -0.2) is 4.98 Å². The number of hydrogen-bond acceptors (Lipinski definition) is 4. The van der Waals surface area contributed by atoms with Crippen molar-refractivity contribution < 1.29 is 0 Å². The Hall–Kier alpha value is -2.66. The molecule has 5 nitrogen and oxygen atoms in total. The standard InChI is InChI=1S/C20H22N4O/c25-20-13-18(22-19-9-3-4-12-24(19)20)21-14-16-7-1-2-8-17(16)15-23-10-5-6-11-23/h1-4,7-9,12-13,21H,5-6,10-11,14-15H2. The predicted octanol–water partition coefficient (Wildman–Crippen LogP) is 2.90. The molecule has 0 unspecified atom stereocenters. The van der Waals surface area contributed by atoms with Crippen molar-refractivity contribution in [2.45, 2.75) is 25.9 Å². The van der Waals surface area contributed by atoms with E-state index in [0.717, 1.165) is 6.54 Å². The summed E-state index contributed by atoms with van der Waals surface area (Å²) in [6.07, 6.45) is 4.33. The number of benzene rings is 1. The summed E-state index contributed by atoms with van der Waals surface area (Å²) in [5, 5.41) is 3.32. The molecule has 0 radical (unpaired) electrons. The van der Waals surface area contributed by atoms with Crippen LogP contribution in [0.25, 0.3) is 5.65 Å². The summed E-state index contributed by atoms with van der Waals surface area (Å²) >= 11 is 0. The van der Waals surface area contributed by atoms with Crippen LogP contribution in [-0.4, -0.2) is 27.4 Å². The number of nitrogens with zero attached hydrogens (tertiary/aromatic N) is 3. The van der Waals surface area contributed by atoms with Crippen molar-refractivity contribution in [2.75, 3.05) is 18.4 Å². The first kappa shape index (κ1) is 15.8. The number of aromatic nitrogens is 2. The van der Waals surface area contributed by atoms with Crippen LogP contribution in [0.5, 0.6) is 0 Å². The van der Waals surface area contributed by atoms with Crippen LogP contribution < -0.4 is 10.9 Å². The van der Waals surface area contributed by atoms with Gasteiger partial charge in [-0.1, -0.05) is 30.3 Å². The predicted molar refractivity (Wildman–Crippen MR) is 99.7 cm³/mol. The van der Waals surface area contributed by atoms with Crippen molar-refractivity contribution in [3.05, 3.63) is 76.2 Å². The first-order valence-corrected chi connectivity index (χ1v) is 8.81. The first-order valence-electron chi connectivity index (χ1n) is 8.81. The number of fused-ring (bicyclic) bond motifs is 1. The molecule has 1 fully saturated rings. The molecule has 0 amide bonds. The van der Waals surface area contributed by atoms with E-state index in [-0.39, 0.29) is 5.56 Å². The molecule has 3 heterocycles. The zero-order valence-corrected chi connectivity index (χ0v) is 14.2. The molecule has 4 rings (SSSR count). The third-order valence-corrected chi connectivity index (χ3v) is 4.74. The van der Waals surface area contributed by atoms with E-state index in [4.69, 9.17) is 0 Å². The van der Waals surface area contributed by atoms with E-state index in [1.807, 2.05) is 18.2 Å². The van der Waals surface area contributed by atoms with Crippen LogP contribution in [0.2, 0.25) is 0 Å². The smallest absolute Gasteiger partial charge is 0.259 e. The van der Waals surface area contributed by atoms with E-state index in [1.54, 1.807) is 16.7 Å². The van der Waals surface area contributed by atoms with Gasteiger partial charge in [-0.05, 0) is 49.2 Å². The van der Waals surface area contributed by atoms with Crippen molar-refractivity contribution in [1.29, 1.82) is 0 Å². The Bertz CT molecular complexity index is 928. The van der Waals surface area contributed by atoms with Crippen molar-refractivity contribution in [3.63, 3.8) is 0 Å². The Labute approximate surface area is 146 Å². The Morgan fingerprint density at radius 1 is 1.00 bits per heavy atom. The SMILES string of the molecule is O=c1cc(NCc2ccccc2CN2CCCC2)nc2ccccn12. The normalized spacial score (nSPS) is 14.9. The molecule has 0 spiro atoms. The van der Waals surface area contributed by atoms with Crippen molar-refractivity contribution >= 4 is 11.5 Å². The van der Waals surface area contributed by atoms with Gasteiger partial charge in [0, 0.05) is 25.4 Å². The van der Waals surface area contributed by atoms with Gasteiger partial charge < -0.3 is 5.32 Å². The zero-order valence-electron chi connectivity index (χ0n) is 14.2.